The summed E-state index contributed by atoms with van der Waals surface area (Å²) in [6.45, 7) is 4.26. The van der Waals surface area contributed by atoms with E-state index >= 15 is 0 Å². The zero-order valence-electron chi connectivity index (χ0n) is 18.6. The first-order chi connectivity index (χ1) is 16.8. The quantitative estimate of drug-likeness (QED) is 0.201. The molecule has 0 aliphatic heterocycles. The normalized spacial score (nSPS) is 11.8. The molecule has 7 rings (SSSR count). The predicted octanol–water partition coefficient (Wildman–Crippen LogP) is 8.91. The number of hydrogen-bond donors (Lipinski definition) is 0. The number of rotatable bonds is 3. The Balaban J connectivity index is 1.51. The Hall–Kier alpha value is -4.43. The third kappa shape index (κ3) is 2.72. The minimum Gasteiger partial charge on any atom is -0.456 e. The van der Waals surface area contributed by atoms with Gasteiger partial charge in [0, 0.05) is 10.8 Å². The zero-order valence-corrected chi connectivity index (χ0v) is 18.6. The molecule has 6 aromatic carbocycles. The van der Waals surface area contributed by atoms with Gasteiger partial charge in [-0.1, -0.05) is 78.9 Å². The Labute approximate surface area is 196 Å². The fourth-order valence-electron chi connectivity index (χ4n) is 5.42. The molecule has 0 saturated heterocycles. The maximum atomic E-state index is 6.14. The second kappa shape index (κ2) is 7.29. The molecule has 0 aliphatic rings. The van der Waals surface area contributed by atoms with Crippen LogP contribution in [0.1, 0.15) is 5.56 Å². The van der Waals surface area contributed by atoms with Crippen LogP contribution < -0.4 is 0 Å². The lowest BCUT2D eigenvalue weighted by atomic mass is 9.92. The molecule has 2 nitrogen and oxygen atoms in total. The molecule has 1 heterocycles. The van der Waals surface area contributed by atoms with Crippen molar-refractivity contribution in [2.45, 2.75) is 6.54 Å². The lowest BCUT2D eigenvalue weighted by Crippen LogP contribution is -1.85. The average Bonchev–Trinajstić information content (AvgIpc) is 3.27. The molecule has 160 valence electrons. The predicted molar refractivity (Wildman–Crippen MR) is 145 cm³/mol. The van der Waals surface area contributed by atoms with Gasteiger partial charge in [-0.2, -0.15) is 0 Å². The van der Waals surface area contributed by atoms with Crippen molar-refractivity contribution in [3.63, 3.8) is 0 Å². The van der Waals surface area contributed by atoms with Crippen LogP contribution in [0, 0.1) is 0 Å². The van der Waals surface area contributed by atoms with Crippen LogP contribution in [0.3, 0.4) is 0 Å². The van der Waals surface area contributed by atoms with E-state index in [9.17, 15) is 0 Å². The summed E-state index contributed by atoms with van der Waals surface area (Å²) in [7, 11) is 0. The first-order valence-corrected chi connectivity index (χ1v) is 11.5. The van der Waals surface area contributed by atoms with Crippen LogP contribution in [0.25, 0.3) is 65.4 Å². The van der Waals surface area contributed by atoms with Crippen molar-refractivity contribution in [2.75, 3.05) is 0 Å². The van der Waals surface area contributed by atoms with Gasteiger partial charge < -0.3 is 4.42 Å². The van der Waals surface area contributed by atoms with Crippen LogP contribution in [0.15, 0.2) is 113 Å². The molecule has 0 fully saturated rings. The minimum absolute atomic E-state index is 0.575. The Bertz CT molecular complexity index is 1870. The van der Waals surface area contributed by atoms with Gasteiger partial charge in [0.1, 0.15) is 11.2 Å². The highest BCUT2D eigenvalue weighted by atomic mass is 16.3. The largest absolute Gasteiger partial charge is 0.456 e. The van der Waals surface area contributed by atoms with E-state index < -0.39 is 0 Å². The summed E-state index contributed by atoms with van der Waals surface area (Å²) in [6.07, 6.45) is 0. The van der Waals surface area contributed by atoms with E-state index in [1.54, 1.807) is 0 Å². The van der Waals surface area contributed by atoms with E-state index in [1.807, 2.05) is 12.1 Å². The number of aliphatic imine (C=N–C) groups is 1. The van der Waals surface area contributed by atoms with E-state index in [4.69, 9.17) is 4.42 Å². The molecule has 7 aromatic rings. The summed E-state index contributed by atoms with van der Waals surface area (Å²) in [6, 6.07) is 36.9. The van der Waals surface area contributed by atoms with E-state index in [0.717, 1.165) is 27.5 Å². The number of furan rings is 1. The Kier molecular flexibility index (Phi) is 4.09. The second-order valence-corrected chi connectivity index (χ2v) is 8.84. The van der Waals surface area contributed by atoms with E-state index in [2.05, 4.69) is 103 Å². The number of fused-ring (bicyclic) bond motifs is 9. The maximum absolute atomic E-state index is 6.14. The van der Waals surface area contributed by atoms with Crippen molar-refractivity contribution < 1.29 is 4.42 Å². The van der Waals surface area contributed by atoms with Gasteiger partial charge in [0.15, 0.2) is 0 Å². The second-order valence-electron chi connectivity index (χ2n) is 8.84. The summed E-state index contributed by atoms with van der Waals surface area (Å²) in [5, 5.41) is 9.98. The van der Waals surface area contributed by atoms with Gasteiger partial charge in [0.25, 0.3) is 0 Å². The molecule has 0 radical (unpaired) electrons. The van der Waals surface area contributed by atoms with Crippen molar-refractivity contribution in [3.8, 4) is 11.1 Å². The maximum Gasteiger partial charge on any atom is 0.135 e. The first kappa shape index (κ1) is 19.1. The lowest BCUT2D eigenvalue weighted by Gasteiger charge is -2.12. The molecule has 1 aromatic heterocycles. The molecule has 0 bridgehead atoms. The van der Waals surface area contributed by atoms with Crippen molar-refractivity contribution in [3.05, 3.63) is 109 Å². The SMILES string of the molecule is C=NCc1cccc2oc3ccc(-c4ccc5c6ccccc6c6ccccc6c5c4)cc3c12. The summed E-state index contributed by atoms with van der Waals surface area (Å²) in [5.74, 6) is 0. The standard InChI is InChI=1S/C32H21NO/c1-33-19-22-7-6-12-31-32(22)29-18-21(14-16-30(29)34-31)20-13-15-27-25-10-3-2-8-23(25)24-9-4-5-11-26(24)28(27)17-20/h2-18H,1,19H2. The third-order valence-corrected chi connectivity index (χ3v) is 6.94. The average molecular weight is 436 g/mol. The lowest BCUT2D eigenvalue weighted by molar-refractivity contribution is 0.668. The van der Waals surface area contributed by atoms with Gasteiger partial charge in [0.05, 0.1) is 6.54 Å². The van der Waals surface area contributed by atoms with Crippen molar-refractivity contribution >= 4 is 61.0 Å². The van der Waals surface area contributed by atoms with E-state index in [-0.39, 0.29) is 0 Å². The Morgan fingerprint density at radius 3 is 1.79 bits per heavy atom. The van der Waals surface area contributed by atoms with Crippen LogP contribution >= 0.6 is 0 Å². The van der Waals surface area contributed by atoms with Crippen LogP contribution in [0.5, 0.6) is 0 Å². The van der Waals surface area contributed by atoms with Gasteiger partial charge in [-0.05, 0) is 80.0 Å². The molecule has 0 spiro atoms. The summed E-state index contributed by atoms with van der Waals surface area (Å²) in [4.78, 5) is 4.12. The smallest absolute Gasteiger partial charge is 0.135 e. The molecule has 0 N–H and O–H groups in total. The van der Waals surface area contributed by atoms with Gasteiger partial charge in [-0.25, -0.2) is 0 Å². The zero-order chi connectivity index (χ0) is 22.6. The first-order valence-electron chi connectivity index (χ1n) is 11.5. The summed E-state index contributed by atoms with van der Waals surface area (Å²) in [5.41, 5.74) is 5.30. The van der Waals surface area contributed by atoms with Gasteiger partial charge >= 0.3 is 0 Å². The van der Waals surface area contributed by atoms with Gasteiger partial charge in [-0.15, -0.1) is 0 Å². The molecule has 0 aliphatic carbocycles. The van der Waals surface area contributed by atoms with Crippen LogP contribution in [-0.4, -0.2) is 6.72 Å². The number of benzene rings is 6. The van der Waals surface area contributed by atoms with Gasteiger partial charge in [-0.3, -0.25) is 4.99 Å². The topological polar surface area (TPSA) is 25.5 Å². The highest BCUT2D eigenvalue weighted by Gasteiger charge is 2.13. The highest BCUT2D eigenvalue weighted by Crippen LogP contribution is 2.39. The molecular weight excluding hydrogens is 414 g/mol. The fraction of sp³-hybridized carbons (Fsp3) is 0.0312. The molecule has 0 atom stereocenters. The van der Waals surface area contributed by atoms with Gasteiger partial charge in [0.2, 0.25) is 0 Å². The molecule has 0 unspecified atom stereocenters. The molecule has 0 saturated carbocycles. The molecule has 2 heteroatoms. The molecular formula is C32H21NO. The number of nitrogens with zero attached hydrogens (tertiary/aromatic N) is 1. The van der Waals surface area contributed by atoms with Crippen molar-refractivity contribution in [1.29, 1.82) is 0 Å². The monoisotopic (exact) mass is 435 g/mol. The van der Waals surface area contributed by atoms with E-state index in [0.29, 0.717) is 6.54 Å². The Morgan fingerprint density at radius 2 is 1.12 bits per heavy atom. The van der Waals surface area contributed by atoms with Crippen molar-refractivity contribution in [2.24, 2.45) is 4.99 Å². The van der Waals surface area contributed by atoms with Crippen LogP contribution in [0.4, 0.5) is 0 Å². The Morgan fingerprint density at radius 1 is 0.529 bits per heavy atom. The van der Waals surface area contributed by atoms with E-state index in [1.165, 1.54) is 43.4 Å². The van der Waals surface area contributed by atoms with Crippen molar-refractivity contribution in [1.82, 2.24) is 0 Å². The minimum atomic E-state index is 0.575. The van der Waals surface area contributed by atoms with Crippen LogP contribution in [-0.2, 0) is 6.54 Å². The molecule has 34 heavy (non-hydrogen) atoms. The fourth-order valence-corrected chi connectivity index (χ4v) is 5.42. The third-order valence-electron chi connectivity index (χ3n) is 6.94. The summed E-state index contributed by atoms with van der Waals surface area (Å²) < 4.78 is 6.14. The van der Waals surface area contributed by atoms with Crippen LogP contribution in [0.2, 0.25) is 0 Å². The summed E-state index contributed by atoms with van der Waals surface area (Å²) >= 11 is 0. The molecule has 0 amide bonds. The number of hydrogen-bond acceptors (Lipinski definition) is 2. The highest BCUT2D eigenvalue weighted by molar-refractivity contribution is 6.25.